The minimum absolute atomic E-state index is 0.0392. The summed E-state index contributed by atoms with van der Waals surface area (Å²) < 4.78 is 5.95. The summed E-state index contributed by atoms with van der Waals surface area (Å²) in [6, 6.07) is 18.6. The highest BCUT2D eigenvalue weighted by Gasteiger charge is 2.22. The van der Waals surface area contributed by atoms with Crippen LogP contribution in [0.3, 0.4) is 0 Å². The highest BCUT2D eigenvalue weighted by molar-refractivity contribution is 6.30. The van der Waals surface area contributed by atoms with E-state index in [0.29, 0.717) is 22.3 Å². The lowest BCUT2D eigenvalue weighted by Crippen LogP contribution is -2.05. The predicted octanol–water partition coefficient (Wildman–Crippen LogP) is 5.36. The quantitative estimate of drug-likeness (QED) is 0.391. The van der Waals surface area contributed by atoms with E-state index in [1.165, 1.54) is 0 Å². The topological polar surface area (TPSA) is 84.7 Å². The molecular formula is C23H15ClN4O2. The van der Waals surface area contributed by atoms with Crippen molar-refractivity contribution in [2.45, 2.75) is 6.42 Å². The number of imidazole rings is 1. The Labute approximate surface area is 176 Å². The summed E-state index contributed by atoms with van der Waals surface area (Å²) in [6.45, 7) is 0. The number of hydrogen-bond acceptors (Lipinski definition) is 5. The molecule has 0 aliphatic heterocycles. The Hall–Kier alpha value is -3.77. The zero-order valence-corrected chi connectivity index (χ0v) is 16.4. The van der Waals surface area contributed by atoms with Crippen molar-refractivity contribution in [1.82, 2.24) is 19.9 Å². The monoisotopic (exact) mass is 414 g/mol. The first-order valence-corrected chi connectivity index (χ1v) is 9.69. The Morgan fingerprint density at radius 2 is 1.77 bits per heavy atom. The molecule has 0 saturated heterocycles. The number of nitrogens with zero attached hydrogens (tertiary/aromatic N) is 3. The number of halogens is 1. The van der Waals surface area contributed by atoms with Gasteiger partial charge < -0.3 is 9.40 Å². The summed E-state index contributed by atoms with van der Waals surface area (Å²) in [5, 5.41) is 0.624. The summed E-state index contributed by atoms with van der Waals surface area (Å²) in [7, 11) is 0. The molecule has 146 valence electrons. The molecule has 1 N–H and O–H groups in total. The molecule has 3 aromatic heterocycles. The molecule has 0 spiro atoms. The van der Waals surface area contributed by atoms with E-state index in [1.807, 2.05) is 42.5 Å². The molecular weight excluding hydrogens is 400 g/mol. The van der Waals surface area contributed by atoms with E-state index >= 15 is 0 Å². The summed E-state index contributed by atoms with van der Waals surface area (Å²) >= 11 is 6.02. The number of rotatable bonds is 5. The molecule has 0 aliphatic carbocycles. The van der Waals surface area contributed by atoms with Gasteiger partial charge in [-0.2, -0.15) is 0 Å². The Morgan fingerprint density at radius 1 is 0.967 bits per heavy atom. The fraction of sp³-hybridized carbons (Fsp3) is 0.0435. The minimum atomic E-state index is -0.264. The number of H-pyrrole nitrogens is 1. The zero-order chi connectivity index (χ0) is 20.5. The second kappa shape index (κ2) is 7.57. The number of fused-ring (bicyclic) bond motifs is 1. The molecule has 7 heteroatoms. The molecule has 0 aliphatic rings. The first kappa shape index (κ1) is 18.3. The maximum atomic E-state index is 12.9. The van der Waals surface area contributed by atoms with E-state index in [4.69, 9.17) is 16.0 Å². The lowest BCUT2D eigenvalue weighted by Gasteiger charge is -2.01. The Kier molecular flexibility index (Phi) is 4.61. The summed E-state index contributed by atoms with van der Waals surface area (Å²) in [6.07, 6.45) is 3.38. The van der Waals surface area contributed by atoms with Crippen LogP contribution < -0.4 is 0 Å². The van der Waals surface area contributed by atoms with Crippen LogP contribution in [-0.2, 0) is 6.42 Å². The van der Waals surface area contributed by atoms with Gasteiger partial charge in [-0.25, -0.2) is 9.97 Å². The molecule has 0 bridgehead atoms. The first-order valence-electron chi connectivity index (χ1n) is 9.31. The number of oxazole rings is 1. The van der Waals surface area contributed by atoms with Gasteiger partial charge >= 0.3 is 0 Å². The SMILES string of the molecule is O=C(Cc1nc2ccncc2[nH]1)c1nc(-c2ccc(Cl)cc2)c(-c2ccccc2)o1. The molecule has 0 atom stereocenters. The maximum absolute atomic E-state index is 12.9. The molecule has 2 aromatic carbocycles. The molecule has 0 unspecified atom stereocenters. The number of carbonyl (C=O) groups is 1. The average Bonchev–Trinajstić information content (AvgIpc) is 3.39. The third-order valence-corrected chi connectivity index (χ3v) is 4.93. The fourth-order valence-corrected chi connectivity index (χ4v) is 3.38. The van der Waals surface area contributed by atoms with Gasteiger partial charge in [-0.15, -0.1) is 0 Å². The Balaban J connectivity index is 1.53. The fourth-order valence-electron chi connectivity index (χ4n) is 3.25. The van der Waals surface area contributed by atoms with Crippen LogP contribution in [-0.4, -0.2) is 25.7 Å². The van der Waals surface area contributed by atoms with Crippen molar-refractivity contribution in [1.29, 1.82) is 0 Å². The number of pyridine rings is 1. The van der Waals surface area contributed by atoms with E-state index in [0.717, 1.165) is 22.2 Å². The average molecular weight is 415 g/mol. The Morgan fingerprint density at radius 3 is 2.53 bits per heavy atom. The summed E-state index contributed by atoms with van der Waals surface area (Å²) in [5.74, 6) is 0.849. The van der Waals surface area contributed by atoms with Crippen molar-refractivity contribution in [2.24, 2.45) is 0 Å². The number of aromatic nitrogens is 4. The van der Waals surface area contributed by atoms with Crippen LogP contribution in [0.25, 0.3) is 33.6 Å². The van der Waals surface area contributed by atoms with Crippen molar-refractivity contribution in [3.05, 3.63) is 89.8 Å². The van der Waals surface area contributed by atoms with E-state index in [2.05, 4.69) is 19.9 Å². The minimum Gasteiger partial charge on any atom is -0.433 e. The first-order chi connectivity index (χ1) is 14.7. The van der Waals surface area contributed by atoms with Crippen LogP contribution in [0.2, 0.25) is 5.02 Å². The molecule has 0 fully saturated rings. The van der Waals surface area contributed by atoms with Gasteiger partial charge in [-0.3, -0.25) is 9.78 Å². The van der Waals surface area contributed by atoms with Gasteiger partial charge in [0.15, 0.2) is 5.76 Å². The van der Waals surface area contributed by atoms with E-state index < -0.39 is 0 Å². The lowest BCUT2D eigenvalue weighted by molar-refractivity contribution is 0.0958. The van der Waals surface area contributed by atoms with Crippen molar-refractivity contribution >= 4 is 28.4 Å². The number of benzene rings is 2. The van der Waals surface area contributed by atoms with Crippen LogP contribution in [0.15, 0.2) is 77.5 Å². The molecule has 0 amide bonds. The zero-order valence-electron chi connectivity index (χ0n) is 15.7. The van der Waals surface area contributed by atoms with Gasteiger partial charge in [0.05, 0.1) is 23.7 Å². The van der Waals surface area contributed by atoms with Gasteiger partial charge in [0.25, 0.3) is 5.89 Å². The van der Waals surface area contributed by atoms with Crippen LogP contribution in [0.1, 0.15) is 16.5 Å². The number of ketones is 1. The smallest absolute Gasteiger partial charge is 0.264 e. The number of Topliss-reactive ketones (excluding diaryl/α,β-unsaturated/α-hetero) is 1. The van der Waals surface area contributed by atoms with Gasteiger partial charge in [0.1, 0.15) is 11.5 Å². The second-order valence-corrected chi connectivity index (χ2v) is 7.18. The third-order valence-electron chi connectivity index (χ3n) is 4.68. The van der Waals surface area contributed by atoms with Crippen LogP contribution in [0.5, 0.6) is 0 Å². The molecule has 0 radical (unpaired) electrons. The normalized spacial score (nSPS) is 11.1. The third kappa shape index (κ3) is 3.49. The molecule has 5 aromatic rings. The van der Waals surface area contributed by atoms with Crippen LogP contribution in [0.4, 0.5) is 0 Å². The van der Waals surface area contributed by atoms with Crippen molar-refractivity contribution in [3.63, 3.8) is 0 Å². The predicted molar refractivity (Wildman–Crippen MR) is 114 cm³/mol. The summed E-state index contributed by atoms with van der Waals surface area (Å²) in [5.41, 5.74) is 3.78. The number of nitrogens with one attached hydrogen (secondary N) is 1. The lowest BCUT2D eigenvalue weighted by atomic mass is 10.1. The molecule has 3 heterocycles. The standard InChI is InChI=1S/C23H15ClN4O2/c24-16-8-6-14(7-9-16)21-22(15-4-2-1-3-5-15)30-23(28-21)19(29)12-20-26-17-10-11-25-13-18(17)27-20/h1-11,13H,12H2,(H,26,27). The number of carbonyl (C=O) groups excluding carboxylic acids is 1. The van der Waals surface area contributed by atoms with Crippen LogP contribution in [0, 0.1) is 0 Å². The summed E-state index contributed by atoms with van der Waals surface area (Å²) in [4.78, 5) is 29.0. The highest BCUT2D eigenvalue weighted by Crippen LogP contribution is 2.33. The van der Waals surface area contributed by atoms with Gasteiger partial charge in [0.2, 0.25) is 5.78 Å². The number of hydrogen-bond donors (Lipinski definition) is 1. The van der Waals surface area contributed by atoms with Gasteiger partial charge in [-0.1, -0.05) is 54.1 Å². The number of aromatic amines is 1. The molecule has 0 saturated carbocycles. The van der Waals surface area contributed by atoms with Crippen molar-refractivity contribution < 1.29 is 9.21 Å². The second-order valence-electron chi connectivity index (χ2n) is 6.75. The van der Waals surface area contributed by atoms with Crippen molar-refractivity contribution in [3.8, 4) is 22.6 Å². The highest BCUT2D eigenvalue weighted by atomic mass is 35.5. The van der Waals surface area contributed by atoms with Gasteiger partial charge in [-0.05, 0) is 18.2 Å². The van der Waals surface area contributed by atoms with E-state index in [1.54, 1.807) is 30.6 Å². The molecule has 30 heavy (non-hydrogen) atoms. The maximum Gasteiger partial charge on any atom is 0.264 e. The largest absolute Gasteiger partial charge is 0.433 e. The Bertz CT molecular complexity index is 1310. The van der Waals surface area contributed by atoms with Crippen LogP contribution >= 0.6 is 11.6 Å². The van der Waals surface area contributed by atoms with Gasteiger partial charge in [0, 0.05) is 22.3 Å². The van der Waals surface area contributed by atoms with E-state index in [9.17, 15) is 4.79 Å². The molecule has 5 rings (SSSR count). The van der Waals surface area contributed by atoms with Crippen molar-refractivity contribution in [2.75, 3.05) is 0 Å². The molecule has 6 nitrogen and oxygen atoms in total. The van der Waals surface area contributed by atoms with E-state index in [-0.39, 0.29) is 18.1 Å².